The number of carboxylic acid groups (broad SMARTS) is 1. The van der Waals surface area contributed by atoms with E-state index in [0.717, 1.165) is 12.8 Å². The van der Waals surface area contributed by atoms with Crippen molar-refractivity contribution in [1.29, 1.82) is 0 Å². The highest BCUT2D eigenvalue weighted by molar-refractivity contribution is 7.99. The Morgan fingerprint density at radius 1 is 1.33 bits per heavy atom. The van der Waals surface area contributed by atoms with Crippen LogP contribution in [0.5, 0.6) is 0 Å². The molecule has 0 aliphatic heterocycles. The van der Waals surface area contributed by atoms with E-state index in [2.05, 4.69) is 5.32 Å². The molecule has 0 spiro atoms. The van der Waals surface area contributed by atoms with Gasteiger partial charge in [0.25, 0.3) is 0 Å². The smallest absolute Gasteiger partial charge is 0.304 e. The average molecular weight is 273 g/mol. The first-order valence-corrected chi connectivity index (χ1v) is 7.75. The number of aliphatic carboxylic acids is 1. The van der Waals surface area contributed by atoms with Crippen molar-refractivity contribution in [1.82, 2.24) is 5.32 Å². The molecule has 0 saturated heterocycles. The van der Waals surface area contributed by atoms with Crippen LogP contribution in [0.1, 0.15) is 51.9 Å². The van der Waals surface area contributed by atoms with Crippen molar-refractivity contribution in [2.24, 2.45) is 0 Å². The van der Waals surface area contributed by atoms with Gasteiger partial charge in [-0.25, -0.2) is 0 Å². The molecular weight excluding hydrogens is 250 g/mol. The van der Waals surface area contributed by atoms with Gasteiger partial charge in [-0.15, -0.1) is 0 Å². The van der Waals surface area contributed by atoms with Gasteiger partial charge in [-0.1, -0.05) is 26.2 Å². The molecule has 1 amide bonds. The summed E-state index contributed by atoms with van der Waals surface area (Å²) >= 11 is 1.55. The molecule has 1 fully saturated rings. The predicted molar refractivity (Wildman–Crippen MR) is 73.8 cm³/mol. The zero-order valence-electron chi connectivity index (χ0n) is 11.0. The van der Waals surface area contributed by atoms with Crippen molar-refractivity contribution in [3.05, 3.63) is 0 Å². The first kappa shape index (κ1) is 15.3. The molecule has 0 radical (unpaired) electrons. The molecule has 4 nitrogen and oxygen atoms in total. The van der Waals surface area contributed by atoms with E-state index < -0.39 is 5.97 Å². The fraction of sp³-hybridized carbons (Fsp3) is 0.846. The standard InChI is InChI=1S/C13H23NO3S/c1-10(9-13(16)17)18-8-7-12(15)14-11-5-3-2-4-6-11/h10-11H,2-9H2,1H3,(H,14,15)(H,16,17). The lowest BCUT2D eigenvalue weighted by atomic mass is 9.95. The second-order valence-corrected chi connectivity index (χ2v) is 6.48. The number of nitrogens with one attached hydrogen (secondary N) is 1. The number of carbonyl (C=O) groups excluding carboxylic acids is 1. The van der Waals surface area contributed by atoms with Gasteiger partial charge in [0, 0.05) is 23.5 Å². The highest BCUT2D eigenvalue weighted by Gasteiger charge is 2.15. The molecule has 0 heterocycles. The molecule has 104 valence electrons. The van der Waals surface area contributed by atoms with E-state index in [4.69, 9.17) is 5.11 Å². The lowest BCUT2D eigenvalue weighted by molar-refractivity contribution is -0.136. The topological polar surface area (TPSA) is 66.4 Å². The number of hydrogen-bond acceptors (Lipinski definition) is 3. The number of rotatable bonds is 7. The SMILES string of the molecule is CC(CC(=O)O)SCCC(=O)NC1CCCCC1. The summed E-state index contributed by atoms with van der Waals surface area (Å²) in [6.45, 7) is 1.89. The molecule has 1 saturated carbocycles. The highest BCUT2D eigenvalue weighted by atomic mass is 32.2. The lowest BCUT2D eigenvalue weighted by Crippen LogP contribution is -2.36. The van der Waals surface area contributed by atoms with Crippen LogP contribution in [0.3, 0.4) is 0 Å². The van der Waals surface area contributed by atoms with Gasteiger partial charge >= 0.3 is 5.97 Å². The second-order valence-electron chi connectivity index (χ2n) is 4.93. The molecule has 2 N–H and O–H groups in total. The van der Waals surface area contributed by atoms with Crippen LogP contribution in [0.15, 0.2) is 0 Å². The first-order chi connectivity index (χ1) is 8.58. The number of carboxylic acids is 1. The van der Waals surface area contributed by atoms with Gasteiger partial charge in [-0.05, 0) is 12.8 Å². The van der Waals surface area contributed by atoms with Crippen LogP contribution in [0.4, 0.5) is 0 Å². The van der Waals surface area contributed by atoms with E-state index in [0.29, 0.717) is 18.2 Å². The third-order valence-corrected chi connectivity index (χ3v) is 4.34. The van der Waals surface area contributed by atoms with E-state index in [-0.39, 0.29) is 17.6 Å². The Hall–Kier alpha value is -0.710. The van der Waals surface area contributed by atoms with Gasteiger partial charge in [-0.2, -0.15) is 11.8 Å². The molecule has 0 aromatic heterocycles. The van der Waals surface area contributed by atoms with Gasteiger partial charge in [0.2, 0.25) is 5.91 Å². The summed E-state index contributed by atoms with van der Waals surface area (Å²) in [7, 11) is 0. The van der Waals surface area contributed by atoms with Gasteiger partial charge in [-0.3, -0.25) is 9.59 Å². The number of amides is 1. The van der Waals surface area contributed by atoms with Gasteiger partial charge in [0.15, 0.2) is 0 Å². The largest absolute Gasteiger partial charge is 0.481 e. The Morgan fingerprint density at radius 3 is 2.61 bits per heavy atom. The molecule has 18 heavy (non-hydrogen) atoms. The maximum atomic E-state index is 11.7. The summed E-state index contributed by atoms with van der Waals surface area (Å²) in [5.41, 5.74) is 0. The molecule has 1 atom stereocenters. The van der Waals surface area contributed by atoms with E-state index in [9.17, 15) is 9.59 Å². The van der Waals surface area contributed by atoms with E-state index >= 15 is 0 Å². The minimum Gasteiger partial charge on any atom is -0.481 e. The zero-order chi connectivity index (χ0) is 13.4. The third-order valence-electron chi connectivity index (χ3n) is 3.16. The molecule has 0 aromatic carbocycles. The molecule has 1 aliphatic rings. The summed E-state index contributed by atoms with van der Waals surface area (Å²) in [5.74, 6) is 0.0334. The Labute approximate surface area is 113 Å². The van der Waals surface area contributed by atoms with Crippen molar-refractivity contribution < 1.29 is 14.7 Å². The van der Waals surface area contributed by atoms with Crippen LogP contribution in [0.25, 0.3) is 0 Å². The monoisotopic (exact) mass is 273 g/mol. The molecule has 1 aliphatic carbocycles. The number of thioether (sulfide) groups is 1. The molecule has 1 rings (SSSR count). The molecule has 1 unspecified atom stereocenters. The molecule has 0 aromatic rings. The normalized spacial score (nSPS) is 18.3. The summed E-state index contributed by atoms with van der Waals surface area (Å²) in [4.78, 5) is 22.2. The quantitative estimate of drug-likeness (QED) is 0.747. The highest BCUT2D eigenvalue weighted by Crippen LogP contribution is 2.18. The fourth-order valence-electron chi connectivity index (χ4n) is 2.20. The van der Waals surface area contributed by atoms with E-state index in [1.54, 1.807) is 11.8 Å². The Kier molecular flexibility index (Phi) is 7.16. The predicted octanol–water partition coefficient (Wildman–Crippen LogP) is 2.42. The van der Waals surface area contributed by atoms with Crippen LogP contribution in [-0.4, -0.2) is 34.0 Å². The Bertz CT molecular complexity index is 277. The Balaban J connectivity index is 2.07. The summed E-state index contributed by atoms with van der Waals surface area (Å²) < 4.78 is 0. The van der Waals surface area contributed by atoms with Crippen LogP contribution in [0, 0.1) is 0 Å². The van der Waals surface area contributed by atoms with Crippen molar-refractivity contribution in [3.8, 4) is 0 Å². The average Bonchev–Trinajstić information content (AvgIpc) is 2.29. The number of hydrogen-bond donors (Lipinski definition) is 2. The Morgan fingerprint density at radius 2 is 2.00 bits per heavy atom. The first-order valence-electron chi connectivity index (χ1n) is 6.70. The van der Waals surface area contributed by atoms with Crippen LogP contribution >= 0.6 is 11.8 Å². The van der Waals surface area contributed by atoms with Gasteiger partial charge < -0.3 is 10.4 Å². The maximum absolute atomic E-state index is 11.7. The fourth-order valence-corrected chi connectivity index (χ4v) is 3.17. The van der Waals surface area contributed by atoms with Crippen molar-refractivity contribution in [2.45, 2.75) is 63.2 Å². The second kappa shape index (κ2) is 8.40. The summed E-state index contributed by atoms with van der Waals surface area (Å²) in [6, 6.07) is 0.368. The number of carbonyl (C=O) groups is 2. The summed E-state index contributed by atoms with van der Waals surface area (Å²) in [6.07, 6.45) is 6.59. The van der Waals surface area contributed by atoms with Crippen LogP contribution in [-0.2, 0) is 9.59 Å². The van der Waals surface area contributed by atoms with Gasteiger partial charge in [0.1, 0.15) is 0 Å². The summed E-state index contributed by atoms with van der Waals surface area (Å²) in [5, 5.41) is 11.8. The maximum Gasteiger partial charge on any atom is 0.304 e. The zero-order valence-corrected chi connectivity index (χ0v) is 11.8. The lowest BCUT2D eigenvalue weighted by Gasteiger charge is -2.22. The third kappa shape index (κ3) is 6.89. The molecule has 5 heteroatoms. The van der Waals surface area contributed by atoms with Crippen molar-refractivity contribution >= 4 is 23.6 Å². The van der Waals surface area contributed by atoms with Crippen molar-refractivity contribution in [2.75, 3.05) is 5.75 Å². The minimum atomic E-state index is -0.776. The van der Waals surface area contributed by atoms with E-state index in [1.807, 2.05) is 6.92 Å². The molecule has 0 bridgehead atoms. The van der Waals surface area contributed by atoms with E-state index in [1.165, 1.54) is 19.3 Å². The minimum absolute atomic E-state index is 0.0741. The van der Waals surface area contributed by atoms with Crippen LogP contribution in [0.2, 0.25) is 0 Å². The van der Waals surface area contributed by atoms with Crippen LogP contribution < -0.4 is 5.32 Å². The van der Waals surface area contributed by atoms with Crippen molar-refractivity contribution in [3.63, 3.8) is 0 Å². The molecular formula is C13H23NO3S. The van der Waals surface area contributed by atoms with Gasteiger partial charge in [0.05, 0.1) is 6.42 Å².